The van der Waals surface area contributed by atoms with Crippen molar-refractivity contribution in [3.63, 3.8) is 0 Å². The van der Waals surface area contributed by atoms with Gasteiger partial charge in [0.25, 0.3) is 0 Å². The van der Waals surface area contributed by atoms with Crippen LogP contribution in [0.15, 0.2) is 23.2 Å². The van der Waals surface area contributed by atoms with Crippen LogP contribution in [0.1, 0.15) is 25.3 Å². The Morgan fingerprint density at radius 3 is 2.25 bits per heavy atom. The number of carbonyl (C=O) groups is 2. The number of aromatic hydroxyl groups is 2. The van der Waals surface area contributed by atoms with Gasteiger partial charge in [-0.1, -0.05) is 6.07 Å². The minimum absolute atomic E-state index is 0.0129. The Morgan fingerprint density at radius 1 is 1.21 bits per heavy atom. The van der Waals surface area contributed by atoms with E-state index in [4.69, 9.17) is 38.4 Å². The summed E-state index contributed by atoms with van der Waals surface area (Å²) in [5.74, 6) is 2.56. The summed E-state index contributed by atoms with van der Waals surface area (Å²) in [5, 5.41) is 35.7. The molecule has 0 bridgehead atoms. The van der Waals surface area contributed by atoms with Gasteiger partial charge in [-0.25, -0.2) is 5.43 Å². The van der Waals surface area contributed by atoms with Crippen LogP contribution in [0.4, 0.5) is 0 Å². The third kappa shape index (κ3) is 9.02. The number of aliphatic imine (C=N–C) groups is 1. The van der Waals surface area contributed by atoms with E-state index in [1.54, 1.807) is 0 Å². The number of nitrogens with one attached hydrogen (secondary N) is 1. The number of benzene rings is 1. The van der Waals surface area contributed by atoms with E-state index >= 15 is 0 Å². The maximum atomic E-state index is 11.0. The third-order valence-corrected chi connectivity index (χ3v) is 3.67. The van der Waals surface area contributed by atoms with E-state index in [0.717, 1.165) is 0 Å². The molecule has 28 heavy (non-hydrogen) atoms. The molecule has 12 nitrogen and oxygen atoms in total. The number of guanidine groups is 1. The van der Waals surface area contributed by atoms with Crippen molar-refractivity contribution in [2.24, 2.45) is 28.0 Å². The fourth-order valence-electron chi connectivity index (χ4n) is 1.92. The quantitative estimate of drug-likeness (QED) is 0.0570. The summed E-state index contributed by atoms with van der Waals surface area (Å²) in [5.41, 5.74) is 16.8. The van der Waals surface area contributed by atoms with E-state index < -0.39 is 23.5 Å². The van der Waals surface area contributed by atoms with E-state index in [1.165, 1.54) is 25.1 Å². The molecule has 1 aromatic carbocycles. The number of aliphatic carboxylic acids is 2. The lowest BCUT2D eigenvalue weighted by molar-refractivity contribution is -0.144. The molecule has 0 heterocycles. The number of phenols is 2. The number of phenolic OH excluding ortho intramolecular Hbond substituents is 2. The van der Waals surface area contributed by atoms with Gasteiger partial charge >= 0.3 is 11.9 Å². The second-order valence-corrected chi connectivity index (χ2v) is 6.17. The normalized spacial score (nSPS) is 13.4. The molecule has 0 aliphatic rings. The van der Waals surface area contributed by atoms with Crippen molar-refractivity contribution in [2.75, 3.05) is 6.54 Å². The van der Waals surface area contributed by atoms with Crippen LogP contribution in [-0.2, 0) is 16.0 Å². The summed E-state index contributed by atoms with van der Waals surface area (Å²) in [7, 11) is 0. The molecule has 1 unspecified atom stereocenters. The SMILES string of the molecule is C[C@@](Cc1ccc(O)c(O)c1)(NN)C(=O)O.NC(N)=NCCCC(N)C(=O)O. The number of carboxylic acids is 2. The van der Waals surface area contributed by atoms with Crippen LogP contribution in [0.3, 0.4) is 0 Å². The van der Waals surface area contributed by atoms with E-state index in [9.17, 15) is 14.7 Å². The summed E-state index contributed by atoms with van der Waals surface area (Å²) in [6.07, 6.45) is 1.05. The van der Waals surface area contributed by atoms with Gasteiger partial charge in [-0.2, -0.15) is 0 Å². The summed E-state index contributed by atoms with van der Waals surface area (Å²) in [4.78, 5) is 24.9. The first kappa shape index (κ1) is 24.9. The number of rotatable bonds is 9. The molecule has 0 saturated carbocycles. The highest BCUT2D eigenvalue weighted by Gasteiger charge is 2.32. The van der Waals surface area contributed by atoms with E-state index in [-0.39, 0.29) is 23.9 Å². The topological polar surface area (TPSA) is 244 Å². The first-order chi connectivity index (χ1) is 12.9. The van der Waals surface area contributed by atoms with Gasteiger partial charge in [-0.3, -0.25) is 20.4 Å². The number of hydrazine groups is 1. The fraction of sp³-hybridized carbons (Fsp3) is 0.438. The van der Waals surface area contributed by atoms with Gasteiger partial charge in [0.15, 0.2) is 17.5 Å². The second kappa shape index (κ2) is 11.6. The van der Waals surface area contributed by atoms with Crippen molar-refractivity contribution in [3.05, 3.63) is 23.8 Å². The van der Waals surface area contributed by atoms with Crippen molar-refractivity contribution < 1.29 is 30.0 Å². The first-order valence-electron chi connectivity index (χ1n) is 8.18. The molecule has 158 valence electrons. The molecular formula is C16H28N6O6. The van der Waals surface area contributed by atoms with Gasteiger partial charge < -0.3 is 37.6 Å². The highest BCUT2D eigenvalue weighted by atomic mass is 16.4. The lowest BCUT2D eigenvalue weighted by Gasteiger charge is -2.23. The van der Waals surface area contributed by atoms with Crippen LogP contribution in [0, 0.1) is 0 Å². The van der Waals surface area contributed by atoms with Gasteiger partial charge in [-0.05, 0) is 37.5 Å². The molecule has 0 aliphatic carbocycles. The van der Waals surface area contributed by atoms with Crippen molar-refractivity contribution >= 4 is 17.9 Å². The van der Waals surface area contributed by atoms with Crippen LogP contribution in [-0.4, -0.2) is 56.4 Å². The Labute approximate surface area is 161 Å². The highest BCUT2D eigenvalue weighted by molar-refractivity contribution is 5.78. The molecule has 0 aliphatic heterocycles. The smallest absolute Gasteiger partial charge is 0.325 e. The number of nitrogens with zero attached hydrogens (tertiary/aromatic N) is 1. The van der Waals surface area contributed by atoms with Gasteiger partial charge in [0.05, 0.1) is 0 Å². The maximum absolute atomic E-state index is 11.0. The summed E-state index contributed by atoms with van der Waals surface area (Å²) in [6.45, 7) is 1.85. The molecule has 12 heteroatoms. The Bertz CT molecular complexity index is 694. The van der Waals surface area contributed by atoms with Gasteiger partial charge in [0.1, 0.15) is 11.6 Å². The van der Waals surface area contributed by atoms with Crippen LogP contribution in [0.5, 0.6) is 11.5 Å². The Hall–Kier alpha value is -3.09. The van der Waals surface area contributed by atoms with Gasteiger partial charge in [-0.15, -0.1) is 0 Å². The highest BCUT2D eigenvalue weighted by Crippen LogP contribution is 2.26. The van der Waals surface area contributed by atoms with Crippen molar-refractivity contribution in [1.29, 1.82) is 0 Å². The van der Waals surface area contributed by atoms with E-state index in [0.29, 0.717) is 24.9 Å². The minimum atomic E-state index is -1.32. The second-order valence-electron chi connectivity index (χ2n) is 6.17. The molecule has 0 aromatic heterocycles. The first-order valence-corrected chi connectivity index (χ1v) is 8.18. The number of carboxylic acid groups (broad SMARTS) is 2. The molecule has 2 atom stereocenters. The fourth-order valence-corrected chi connectivity index (χ4v) is 1.92. The minimum Gasteiger partial charge on any atom is -0.504 e. The standard InChI is InChI=1S/C10H14N2O4.C6H14N4O2/c1-10(12-11,9(15)16)5-6-2-3-7(13)8(14)4-6;7-4(5(11)12)2-1-3-10-6(8)9/h2-4,12-14H,5,11H2,1H3,(H,15,16);4H,1-3,7H2,(H,11,12)(H4,8,9,10)/t10-;/m0./s1. The lowest BCUT2D eigenvalue weighted by Crippen LogP contribution is -2.54. The van der Waals surface area contributed by atoms with Crippen LogP contribution in [0.2, 0.25) is 0 Å². The van der Waals surface area contributed by atoms with Gasteiger partial charge in [0.2, 0.25) is 0 Å². The maximum Gasteiger partial charge on any atom is 0.325 e. The molecule has 0 radical (unpaired) electrons. The lowest BCUT2D eigenvalue weighted by atomic mass is 9.93. The zero-order valence-corrected chi connectivity index (χ0v) is 15.5. The predicted molar refractivity (Wildman–Crippen MR) is 102 cm³/mol. The van der Waals surface area contributed by atoms with E-state index in [1.807, 2.05) is 0 Å². The molecule has 0 saturated heterocycles. The summed E-state index contributed by atoms with van der Waals surface area (Å²) < 4.78 is 0. The Kier molecular flexibility index (Phi) is 10.3. The number of hydrogen-bond donors (Lipinski definition) is 9. The summed E-state index contributed by atoms with van der Waals surface area (Å²) >= 11 is 0. The zero-order valence-electron chi connectivity index (χ0n) is 15.5. The van der Waals surface area contributed by atoms with Crippen LogP contribution >= 0.6 is 0 Å². The Balaban J connectivity index is 0.000000546. The molecular weight excluding hydrogens is 372 g/mol. The van der Waals surface area contributed by atoms with Gasteiger partial charge in [0, 0.05) is 13.0 Å². The average Bonchev–Trinajstić information content (AvgIpc) is 2.61. The molecule has 0 fully saturated rings. The van der Waals surface area contributed by atoms with Crippen molar-refractivity contribution in [1.82, 2.24) is 5.43 Å². The van der Waals surface area contributed by atoms with Crippen molar-refractivity contribution in [2.45, 2.75) is 37.8 Å². The van der Waals surface area contributed by atoms with E-state index in [2.05, 4.69) is 10.4 Å². The monoisotopic (exact) mass is 400 g/mol. The molecule has 1 aromatic rings. The zero-order chi connectivity index (χ0) is 21.9. The number of nitrogens with two attached hydrogens (primary N) is 4. The third-order valence-electron chi connectivity index (χ3n) is 3.67. The molecule has 0 amide bonds. The van der Waals surface area contributed by atoms with Crippen LogP contribution < -0.4 is 28.5 Å². The Morgan fingerprint density at radius 2 is 1.82 bits per heavy atom. The molecule has 0 spiro atoms. The van der Waals surface area contributed by atoms with Crippen LogP contribution in [0.25, 0.3) is 0 Å². The number of hydrogen-bond acceptors (Lipinski definition) is 8. The predicted octanol–water partition coefficient (Wildman–Crippen LogP) is -1.60. The average molecular weight is 400 g/mol. The molecule has 1 rings (SSSR count). The molecule has 13 N–H and O–H groups in total. The van der Waals surface area contributed by atoms with Crippen molar-refractivity contribution in [3.8, 4) is 11.5 Å². The summed E-state index contributed by atoms with van der Waals surface area (Å²) in [6, 6.07) is 3.30. The largest absolute Gasteiger partial charge is 0.504 e.